The van der Waals surface area contributed by atoms with Gasteiger partial charge in [0.1, 0.15) is 22.1 Å². The van der Waals surface area contributed by atoms with Gasteiger partial charge in [-0.15, -0.1) is 23.1 Å². The Labute approximate surface area is 196 Å². The average molecular weight is 498 g/mol. The van der Waals surface area contributed by atoms with E-state index in [-0.39, 0.29) is 9.62 Å². The molecule has 3 aliphatic heterocycles. The Morgan fingerprint density at radius 2 is 2.12 bits per heavy atom. The monoisotopic (exact) mass is 497 g/mol. The van der Waals surface area contributed by atoms with Crippen LogP contribution in [0.25, 0.3) is 10.2 Å². The third-order valence-corrected chi connectivity index (χ3v) is 9.74. The van der Waals surface area contributed by atoms with Gasteiger partial charge in [-0.05, 0) is 31.0 Å². The quantitative estimate of drug-likeness (QED) is 0.373. The molecule has 0 aromatic carbocycles. The number of halogens is 4. The van der Waals surface area contributed by atoms with Crippen LogP contribution in [0.2, 0.25) is 5.15 Å². The summed E-state index contributed by atoms with van der Waals surface area (Å²) in [5.74, 6) is 1.31. The summed E-state index contributed by atoms with van der Waals surface area (Å²) in [4.78, 5) is 18.6. The van der Waals surface area contributed by atoms with Gasteiger partial charge in [-0.25, -0.2) is 15.0 Å². The van der Waals surface area contributed by atoms with Crippen molar-refractivity contribution in [3.05, 3.63) is 46.3 Å². The third-order valence-electron chi connectivity index (χ3n) is 6.58. The molecule has 1 spiro atoms. The van der Waals surface area contributed by atoms with Gasteiger partial charge in [0.25, 0.3) is 0 Å². The topological polar surface area (TPSA) is 45.2 Å². The lowest BCUT2D eigenvalue weighted by molar-refractivity contribution is -0.126. The van der Waals surface area contributed by atoms with E-state index < -0.39 is 12.6 Å². The molecule has 5 nitrogen and oxygen atoms in total. The lowest BCUT2D eigenvalue weighted by atomic mass is 9.88. The lowest BCUT2D eigenvalue weighted by Crippen LogP contribution is -2.44. The van der Waals surface area contributed by atoms with Gasteiger partial charge in [0, 0.05) is 36.3 Å². The normalized spacial score (nSPS) is 27.6. The van der Waals surface area contributed by atoms with Gasteiger partial charge in [0.05, 0.1) is 21.9 Å². The number of thiophene rings is 1. The van der Waals surface area contributed by atoms with Crippen molar-refractivity contribution >= 4 is 50.7 Å². The Morgan fingerprint density at radius 3 is 2.94 bits per heavy atom. The standard InChI is InChI=1S/C21H19ClF3N5S2/c22-16-12(2-1-4-26-16)8-29-5-3-13-9-30(19-20(13,10-29)32-19)17-15-6-14(7-21(23,24)25)31-18(15)28-11-27-17/h1-2,4,6,11,13,19H,3,5,7-10H2/t13-,19?,20+/m1/s1. The molecule has 3 atom stereocenters. The minimum Gasteiger partial charge on any atom is -0.342 e. The smallest absolute Gasteiger partial charge is 0.342 e. The molecule has 3 aromatic heterocycles. The molecule has 6 rings (SSSR count). The van der Waals surface area contributed by atoms with Gasteiger partial charge < -0.3 is 4.90 Å². The zero-order valence-electron chi connectivity index (χ0n) is 16.8. The summed E-state index contributed by atoms with van der Waals surface area (Å²) >= 11 is 9.33. The zero-order chi connectivity index (χ0) is 22.1. The molecular weight excluding hydrogens is 479 g/mol. The van der Waals surface area contributed by atoms with E-state index >= 15 is 0 Å². The van der Waals surface area contributed by atoms with E-state index in [4.69, 9.17) is 11.6 Å². The van der Waals surface area contributed by atoms with Crippen molar-refractivity contribution in [1.82, 2.24) is 19.9 Å². The summed E-state index contributed by atoms with van der Waals surface area (Å²) in [6, 6.07) is 5.55. The number of thioether (sulfide) groups is 1. The first-order valence-electron chi connectivity index (χ1n) is 10.4. The molecule has 0 N–H and O–H groups in total. The van der Waals surface area contributed by atoms with Crippen LogP contribution in [0.15, 0.2) is 30.7 Å². The number of rotatable bonds is 4. The molecule has 3 aromatic rings. The van der Waals surface area contributed by atoms with Crippen molar-refractivity contribution < 1.29 is 13.2 Å². The highest BCUT2D eigenvalue weighted by molar-refractivity contribution is 8.09. The Balaban J connectivity index is 1.24. The van der Waals surface area contributed by atoms with Gasteiger partial charge in [0.2, 0.25) is 0 Å². The number of anilines is 1. The number of hydrogen-bond donors (Lipinski definition) is 0. The predicted octanol–water partition coefficient (Wildman–Crippen LogP) is 5.00. The van der Waals surface area contributed by atoms with E-state index in [1.807, 2.05) is 23.9 Å². The van der Waals surface area contributed by atoms with Gasteiger partial charge in [0.15, 0.2) is 0 Å². The molecule has 0 amide bonds. The summed E-state index contributed by atoms with van der Waals surface area (Å²) in [6.45, 7) is 3.62. The first kappa shape index (κ1) is 20.9. The van der Waals surface area contributed by atoms with Crippen LogP contribution < -0.4 is 4.90 Å². The van der Waals surface area contributed by atoms with Crippen molar-refractivity contribution in [2.24, 2.45) is 5.92 Å². The fourth-order valence-electron chi connectivity index (χ4n) is 5.15. The maximum Gasteiger partial charge on any atom is 0.393 e. The van der Waals surface area contributed by atoms with E-state index in [0.717, 1.165) is 60.7 Å². The number of likely N-dealkylation sites (tertiary alicyclic amines) is 1. The molecule has 0 bridgehead atoms. The third kappa shape index (κ3) is 3.55. The van der Waals surface area contributed by atoms with E-state index in [0.29, 0.717) is 21.3 Å². The second-order valence-corrected chi connectivity index (χ2v) is 11.6. The second kappa shape index (κ2) is 7.44. The van der Waals surface area contributed by atoms with Crippen LogP contribution in [-0.2, 0) is 13.0 Å². The summed E-state index contributed by atoms with van der Waals surface area (Å²) in [5.41, 5.74) is 1.04. The maximum atomic E-state index is 12.9. The van der Waals surface area contributed by atoms with Gasteiger partial charge in [-0.3, -0.25) is 4.90 Å². The average Bonchev–Trinajstić information content (AvgIpc) is 3.13. The summed E-state index contributed by atoms with van der Waals surface area (Å²) in [5, 5.41) is 1.58. The molecule has 0 saturated carbocycles. The fraction of sp³-hybridized carbons (Fsp3) is 0.476. The molecule has 1 unspecified atom stereocenters. The Kier molecular flexibility index (Phi) is 4.87. The van der Waals surface area contributed by atoms with Crippen molar-refractivity contribution in [2.75, 3.05) is 24.5 Å². The second-order valence-electron chi connectivity index (χ2n) is 8.65. The number of alkyl halides is 3. The van der Waals surface area contributed by atoms with E-state index in [9.17, 15) is 13.2 Å². The van der Waals surface area contributed by atoms with Gasteiger partial charge in [-0.2, -0.15) is 13.2 Å². The number of aromatic nitrogens is 3. The summed E-state index contributed by atoms with van der Waals surface area (Å²) < 4.78 is 38.8. The zero-order valence-corrected chi connectivity index (χ0v) is 19.2. The fourth-order valence-corrected chi connectivity index (χ4v) is 8.05. The van der Waals surface area contributed by atoms with Crippen molar-refractivity contribution in [3.63, 3.8) is 0 Å². The largest absolute Gasteiger partial charge is 0.393 e. The van der Waals surface area contributed by atoms with Crippen molar-refractivity contribution in [2.45, 2.75) is 35.7 Å². The molecular formula is C21H19ClF3N5S2. The Bertz CT molecular complexity index is 1190. The Hall–Kier alpha value is -1.62. The van der Waals surface area contributed by atoms with Crippen LogP contribution in [0.3, 0.4) is 0 Å². The van der Waals surface area contributed by atoms with Crippen LogP contribution in [0, 0.1) is 5.92 Å². The number of hydrogen-bond acceptors (Lipinski definition) is 7. The van der Waals surface area contributed by atoms with E-state index in [2.05, 4.69) is 24.8 Å². The minimum absolute atomic E-state index is 0.148. The van der Waals surface area contributed by atoms with Crippen LogP contribution in [0.1, 0.15) is 16.9 Å². The van der Waals surface area contributed by atoms with Gasteiger partial charge in [-0.1, -0.05) is 17.7 Å². The number of fused-ring (bicyclic) bond motifs is 1. The van der Waals surface area contributed by atoms with E-state index in [1.165, 1.54) is 6.33 Å². The molecule has 3 saturated heterocycles. The van der Waals surface area contributed by atoms with Crippen molar-refractivity contribution in [3.8, 4) is 0 Å². The molecule has 6 heterocycles. The maximum absolute atomic E-state index is 12.9. The number of nitrogens with zero attached hydrogens (tertiary/aromatic N) is 5. The van der Waals surface area contributed by atoms with Crippen LogP contribution in [0.5, 0.6) is 0 Å². The molecule has 0 aliphatic carbocycles. The molecule has 168 valence electrons. The SMILES string of the molecule is FC(F)(F)Cc1cc2c(N3C[C@H]4CCN(Cc5cccnc5Cl)C[C@]45SC35)ncnc2s1. The van der Waals surface area contributed by atoms with Crippen LogP contribution in [-0.4, -0.2) is 55.8 Å². The Morgan fingerprint density at radius 1 is 1.25 bits per heavy atom. The number of pyridine rings is 1. The molecule has 3 fully saturated rings. The highest BCUT2D eigenvalue weighted by Crippen LogP contribution is 2.67. The highest BCUT2D eigenvalue weighted by Gasteiger charge is 2.69. The van der Waals surface area contributed by atoms with Crippen molar-refractivity contribution in [1.29, 1.82) is 0 Å². The van der Waals surface area contributed by atoms with E-state index in [1.54, 1.807) is 12.3 Å². The molecule has 32 heavy (non-hydrogen) atoms. The first-order valence-corrected chi connectivity index (χ1v) is 12.5. The minimum atomic E-state index is -4.23. The number of piperidine rings is 1. The molecule has 0 radical (unpaired) electrons. The lowest BCUT2D eigenvalue weighted by Gasteiger charge is -2.35. The molecule has 3 aliphatic rings. The summed E-state index contributed by atoms with van der Waals surface area (Å²) in [6.07, 6.45) is -0.900. The first-order chi connectivity index (χ1) is 15.3. The van der Waals surface area contributed by atoms with Crippen LogP contribution in [0.4, 0.5) is 19.0 Å². The predicted molar refractivity (Wildman–Crippen MR) is 121 cm³/mol. The summed E-state index contributed by atoms with van der Waals surface area (Å²) in [7, 11) is 0. The molecule has 11 heteroatoms. The van der Waals surface area contributed by atoms with Crippen LogP contribution >= 0.6 is 34.7 Å². The highest BCUT2D eigenvalue weighted by atomic mass is 35.5. The van der Waals surface area contributed by atoms with Gasteiger partial charge >= 0.3 is 6.18 Å².